The normalized spacial score (nSPS) is 14.7. The van der Waals surface area contributed by atoms with Gasteiger partial charge in [-0.25, -0.2) is 4.68 Å². The average molecular weight is 713 g/mol. The number of hydrogen-bond acceptors (Lipinski definition) is 8. The molecule has 9 nitrogen and oxygen atoms in total. The van der Waals surface area contributed by atoms with E-state index in [0.29, 0.717) is 23.6 Å². The maximum atomic E-state index is 12.7. The molecule has 0 spiro atoms. The fourth-order valence-electron chi connectivity index (χ4n) is 7.77. The van der Waals surface area contributed by atoms with E-state index in [1.165, 1.54) is 0 Å². The number of likely N-dealkylation sites (N-methyl/N-ethyl adjacent to an activating group) is 1. The van der Waals surface area contributed by atoms with Gasteiger partial charge in [-0.05, 0) is 70.6 Å². The van der Waals surface area contributed by atoms with Crippen LogP contribution in [0.3, 0.4) is 0 Å². The van der Waals surface area contributed by atoms with Crippen LogP contribution >= 0.6 is 0 Å². The number of carbonyl (C=O) groups is 1. The minimum atomic E-state index is -1.39. The van der Waals surface area contributed by atoms with E-state index in [-0.39, 0.29) is 41.4 Å². The summed E-state index contributed by atoms with van der Waals surface area (Å²) in [4.78, 5) is 16.3. The van der Waals surface area contributed by atoms with Gasteiger partial charge < -0.3 is 24.8 Å². The summed E-state index contributed by atoms with van der Waals surface area (Å²) in [6.07, 6.45) is 1.21. The van der Waals surface area contributed by atoms with E-state index in [1.54, 1.807) is 18.7 Å². The van der Waals surface area contributed by atoms with E-state index in [9.17, 15) is 15.0 Å². The van der Waals surface area contributed by atoms with Crippen LogP contribution in [0.5, 0.6) is 0 Å². The van der Waals surface area contributed by atoms with Crippen molar-refractivity contribution in [3.8, 4) is 22.5 Å². The van der Waals surface area contributed by atoms with Crippen LogP contribution in [0.1, 0.15) is 50.3 Å². The van der Waals surface area contributed by atoms with E-state index in [4.69, 9.17) is 5.21 Å². The van der Waals surface area contributed by atoms with Gasteiger partial charge in [0, 0.05) is 18.3 Å². The Morgan fingerprint density at radius 3 is 1.72 bits per heavy atom. The average Bonchev–Trinajstić information content (AvgIpc) is 3.77. The fourth-order valence-corrected chi connectivity index (χ4v) is 7.77. The quantitative estimate of drug-likeness (QED) is 0.161. The van der Waals surface area contributed by atoms with Crippen LogP contribution in [0.15, 0.2) is 151 Å². The van der Waals surface area contributed by atoms with Crippen LogP contribution in [0.4, 0.5) is 5.69 Å². The maximum Gasteiger partial charge on any atom is 1.00 e. The summed E-state index contributed by atoms with van der Waals surface area (Å²) in [6.45, 7) is 5.26. The van der Waals surface area contributed by atoms with Gasteiger partial charge in [-0.1, -0.05) is 141 Å². The predicted molar refractivity (Wildman–Crippen MR) is 201 cm³/mol. The number of hydrogen-bond donors (Lipinski definition) is 1. The first-order valence-corrected chi connectivity index (χ1v) is 17.5. The minimum Gasteiger partial charge on any atom is -0.543 e. The number of aliphatic hydroxyl groups is 1. The predicted octanol–water partition coefficient (Wildman–Crippen LogP) is 3.46. The van der Waals surface area contributed by atoms with Crippen molar-refractivity contribution in [2.45, 2.75) is 50.9 Å². The Morgan fingerprint density at radius 2 is 1.25 bits per heavy atom. The Morgan fingerprint density at radius 1 is 0.755 bits per heavy atom. The molecular weight excluding hydrogens is 672 g/mol. The number of aliphatic carboxylic acids is 1. The monoisotopic (exact) mass is 712 g/mol. The molecule has 10 heteroatoms. The third kappa shape index (κ3) is 6.70. The molecule has 0 bridgehead atoms. The molecule has 0 aliphatic carbocycles. The van der Waals surface area contributed by atoms with Crippen molar-refractivity contribution in [3.05, 3.63) is 168 Å². The Balaban J connectivity index is 0.00000481. The molecule has 7 rings (SSSR count). The summed E-state index contributed by atoms with van der Waals surface area (Å²) in [6, 6.07) is 46.7. The van der Waals surface area contributed by atoms with Crippen LogP contribution in [0.25, 0.3) is 22.5 Å². The second kappa shape index (κ2) is 15.5. The Bertz CT molecular complexity index is 2100. The van der Waals surface area contributed by atoms with Crippen LogP contribution in [-0.4, -0.2) is 55.0 Å². The van der Waals surface area contributed by atoms with Crippen molar-refractivity contribution in [1.29, 1.82) is 0 Å². The van der Waals surface area contributed by atoms with Crippen LogP contribution in [0.2, 0.25) is 0 Å². The van der Waals surface area contributed by atoms with Crippen LogP contribution < -0.4 is 39.6 Å². The van der Waals surface area contributed by atoms with Crippen molar-refractivity contribution < 1.29 is 44.6 Å². The first-order chi connectivity index (χ1) is 25.2. The molecule has 1 atom stereocenters. The molecule has 0 radical (unpaired) electrons. The van der Waals surface area contributed by atoms with Crippen molar-refractivity contribution in [2.24, 2.45) is 0 Å². The van der Waals surface area contributed by atoms with Gasteiger partial charge in [-0.3, -0.25) is 0 Å². The number of carboxylic acids is 1. The van der Waals surface area contributed by atoms with Gasteiger partial charge in [-0.15, -0.1) is 5.10 Å². The number of tetrazole rings is 1. The molecule has 0 saturated heterocycles. The zero-order valence-corrected chi connectivity index (χ0v) is 32.7. The summed E-state index contributed by atoms with van der Waals surface area (Å²) in [5.74, 6) is -0.750. The molecular formula is C43H41N6NaO3. The number of rotatable bonds is 11. The van der Waals surface area contributed by atoms with Crippen molar-refractivity contribution >= 4 is 11.7 Å². The molecule has 1 N–H and O–H groups in total. The summed E-state index contributed by atoms with van der Waals surface area (Å²) < 4.78 is 1.92. The topological polar surface area (TPSA) is 110 Å². The third-order valence-corrected chi connectivity index (χ3v) is 9.87. The zero-order valence-electron chi connectivity index (χ0n) is 30.7. The SMILES string of the molecule is CCCC1N(C)C(C(C)(C)O)=C(C(=O)[O-])N1c1ccc(-c2ccccc2-c2nnnn2C(c2ccccc2)(c2ccccc2)c2ccccc2)cc1.[Na+]. The molecule has 262 valence electrons. The summed E-state index contributed by atoms with van der Waals surface area (Å²) in [5, 5.41) is 37.4. The zero-order chi connectivity index (χ0) is 36.5. The second-order valence-corrected chi connectivity index (χ2v) is 13.6. The first-order valence-electron chi connectivity index (χ1n) is 17.5. The van der Waals surface area contributed by atoms with Crippen molar-refractivity contribution in [2.75, 3.05) is 11.9 Å². The molecule has 0 fully saturated rings. The standard InChI is InChI=1S/C43H42N6O3.Na/c1-5-17-37-47(4)39(42(2,3)52)38(41(50)51)48(37)34-28-26-30(27-29-34)35-24-15-16-25-36(35)40-44-45-46-49(40)43(31-18-9-6-10-19-31,32-20-11-7-12-21-32)33-22-13-8-14-23-33;/h6-16,18-29,37,52H,5,17H2,1-4H3,(H,50,51);/q;+1/p-1. The molecule has 6 aromatic rings. The smallest absolute Gasteiger partial charge is 0.543 e. The Labute approximate surface area is 332 Å². The molecule has 1 aliphatic rings. The molecule has 1 aromatic heterocycles. The fraction of sp³-hybridized carbons (Fsp3) is 0.209. The number of carboxylic acid groups (broad SMARTS) is 1. The number of nitrogens with zero attached hydrogens (tertiary/aromatic N) is 6. The van der Waals surface area contributed by atoms with E-state index in [2.05, 4.69) is 53.6 Å². The van der Waals surface area contributed by atoms with Gasteiger partial charge in [0.15, 0.2) is 5.82 Å². The Hall–Kier alpha value is -5.06. The first kappa shape index (κ1) is 37.7. The second-order valence-electron chi connectivity index (χ2n) is 13.6. The minimum absolute atomic E-state index is 0. The third-order valence-electron chi connectivity index (χ3n) is 9.87. The van der Waals surface area contributed by atoms with Gasteiger partial charge >= 0.3 is 29.6 Å². The summed E-state index contributed by atoms with van der Waals surface area (Å²) in [5.41, 5.74) is 4.33. The number of anilines is 1. The van der Waals surface area contributed by atoms with Gasteiger partial charge in [0.05, 0.1) is 17.4 Å². The van der Waals surface area contributed by atoms with Crippen molar-refractivity contribution in [1.82, 2.24) is 25.1 Å². The molecule has 1 unspecified atom stereocenters. The summed E-state index contributed by atoms with van der Waals surface area (Å²) in [7, 11) is 1.83. The number of benzene rings is 5. The van der Waals surface area contributed by atoms with Crippen LogP contribution in [-0.2, 0) is 10.3 Å². The van der Waals surface area contributed by atoms with E-state index >= 15 is 0 Å². The number of carbonyl (C=O) groups excluding carboxylic acids is 1. The van der Waals surface area contributed by atoms with Crippen molar-refractivity contribution in [3.63, 3.8) is 0 Å². The number of aromatic nitrogens is 4. The van der Waals surface area contributed by atoms with Gasteiger partial charge in [-0.2, -0.15) is 0 Å². The summed E-state index contributed by atoms with van der Waals surface area (Å²) >= 11 is 0. The Kier molecular flexibility index (Phi) is 11.0. The van der Waals surface area contributed by atoms with E-state index < -0.39 is 17.1 Å². The molecule has 0 amide bonds. The van der Waals surface area contributed by atoms with Gasteiger partial charge in [0.25, 0.3) is 0 Å². The van der Waals surface area contributed by atoms with Crippen LogP contribution in [0, 0.1) is 0 Å². The molecule has 0 saturated carbocycles. The molecule has 2 heterocycles. The van der Waals surface area contributed by atoms with E-state index in [0.717, 1.165) is 39.8 Å². The largest absolute Gasteiger partial charge is 1.00 e. The molecule has 5 aromatic carbocycles. The van der Waals surface area contributed by atoms with Gasteiger partial charge in [0.2, 0.25) is 0 Å². The molecule has 1 aliphatic heterocycles. The van der Waals surface area contributed by atoms with E-state index in [1.807, 2.05) is 120 Å². The maximum absolute atomic E-state index is 12.7. The van der Waals surface area contributed by atoms with Gasteiger partial charge in [0.1, 0.15) is 17.3 Å². The molecule has 53 heavy (non-hydrogen) atoms.